The van der Waals surface area contributed by atoms with Gasteiger partial charge in [-0.25, -0.2) is 0 Å². The third-order valence-corrected chi connectivity index (χ3v) is 21.2. The van der Waals surface area contributed by atoms with Crippen LogP contribution in [0.1, 0.15) is 0 Å². The van der Waals surface area contributed by atoms with Gasteiger partial charge in [0.2, 0.25) is 0 Å². The fourth-order valence-electron chi connectivity index (χ4n) is 14.6. The maximum Gasteiger partial charge on any atom is 0.149 e. The summed E-state index contributed by atoms with van der Waals surface area (Å²) in [6.45, 7) is 0. The molecule has 0 N–H and O–H groups in total. The topological polar surface area (TPSA) is 49.1 Å². The SMILES string of the molecule is c1cc2c3c(c1)N(c1ccc4oc5cc6ccccc6cc5c4c1)c1cc4cccc5c4c4c1[SiH]3c1c(cccc1N4c1ccc3oc4cc6ccccc6cc4c3c1-5)N2c1ccc2oc3cc4ccccc4cc3c2c1. The first kappa shape index (κ1) is 39.4. The molecule has 354 valence electrons. The van der Waals surface area contributed by atoms with Gasteiger partial charge in [0.25, 0.3) is 0 Å². The van der Waals surface area contributed by atoms with E-state index in [2.05, 4.69) is 233 Å². The Bertz CT molecular complexity index is 5470. The first-order valence-electron chi connectivity index (χ1n) is 26.5. The Morgan fingerprint density at radius 3 is 1.29 bits per heavy atom. The molecule has 3 aromatic heterocycles. The van der Waals surface area contributed by atoms with Crippen LogP contribution in [0.4, 0.5) is 51.2 Å². The molecule has 1 atom stereocenters. The van der Waals surface area contributed by atoms with Crippen LogP contribution >= 0.6 is 0 Å². The van der Waals surface area contributed by atoms with Crippen molar-refractivity contribution in [2.24, 2.45) is 0 Å². The smallest absolute Gasteiger partial charge is 0.149 e. The van der Waals surface area contributed by atoms with Crippen molar-refractivity contribution in [3.8, 4) is 11.1 Å². The van der Waals surface area contributed by atoms with Crippen molar-refractivity contribution in [1.29, 1.82) is 0 Å². The summed E-state index contributed by atoms with van der Waals surface area (Å²) in [5.41, 5.74) is 18.7. The molecule has 1 unspecified atom stereocenters. The minimum atomic E-state index is -2.29. The molecule has 77 heavy (non-hydrogen) atoms. The van der Waals surface area contributed by atoms with Gasteiger partial charge in [0.05, 0.1) is 11.4 Å². The zero-order chi connectivity index (χ0) is 49.5. The zero-order valence-corrected chi connectivity index (χ0v) is 42.1. The van der Waals surface area contributed by atoms with Crippen LogP contribution in [0, 0.1) is 0 Å². The van der Waals surface area contributed by atoms with Gasteiger partial charge in [0.15, 0.2) is 0 Å². The lowest BCUT2D eigenvalue weighted by Gasteiger charge is -2.51. The highest BCUT2D eigenvalue weighted by atomic mass is 28.3. The van der Waals surface area contributed by atoms with E-state index in [1.165, 1.54) is 110 Å². The van der Waals surface area contributed by atoms with Crippen LogP contribution in [0.5, 0.6) is 0 Å². The van der Waals surface area contributed by atoms with E-state index in [9.17, 15) is 0 Å². The fraction of sp³-hybridized carbons (Fsp3) is 0. The summed E-state index contributed by atoms with van der Waals surface area (Å²) in [6, 6.07) is 81.0. The number of hydrogen-bond donors (Lipinski definition) is 0. The lowest BCUT2D eigenvalue weighted by Crippen LogP contribution is -2.65. The van der Waals surface area contributed by atoms with Crippen LogP contribution in [0.3, 0.4) is 0 Å². The number of rotatable bonds is 2. The highest BCUT2D eigenvalue weighted by Crippen LogP contribution is 2.59. The highest BCUT2D eigenvalue weighted by Gasteiger charge is 2.50. The average molecular weight is 996 g/mol. The molecule has 7 heterocycles. The van der Waals surface area contributed by atoms with E-state index in [-0.39, 0.29) is 0 Å². The molecule has 13 aromatic carbocycles. The second-order valence-electron chi connectivity index (χ2n) is 21.5. The van der Waals surface area contributed by atoms with Crippen LogP contribution in [0.15, 0.2) is 232 Å². The standard InChI is InChI=1S/C70H37N3O3Si/c1-4-13-40-32-61-47(28-37(40)10-1)49-35-44(22-25-58(49)74-61)71-53-18-8-20-55-68(53)77-69-54(71)19-9-21-56(69)73-52-24-27-60-66(51-30-39-12-3-6-15-42(39)34-63(51)76-60)65(52)46-17-7-16-43-31-57(70(77)67(73)64(43)46)72(55)45-23-26-59-50(36-45)48-29-38-11-2-5-14-41(38)33-62(48)75-59/h1-36,77H. The molecule has 0 amide bonds. The summed E-state index contributed by atoms with van der Waals surface area (Å²) in [7, 11) is -2.29. The van der Waals surface area contributed by atoms with Gasteiger partial charge in [-0.05, 0) is 174 Å². The Balaban J connectivity index is 0.908. The number of fused-ring (bicyclic) bond motifs is 17. The molecule has 6 nitrogen and oxygen atoms in total. The minimum Gasteiger partial charge on any atom is -0.456 e. The predicted molar refractivity (Wildman–Crippen MR) is 321 cm³/mol. The molecule has 0 spiro atoms. The number of anilines is 9. The van der Waals surface area contributed by atoms with Gasteiger partial charge in [0, 0.05) is 83.1 Å². The highest BCUT2D eigenvalue weighted by molar-refractivity contribution is 7.03. The van der Waals surface area contributed by atoms with Crippen molar-refractivity contribution < 1.29 is 13.3 Å². The molecule has 20 rings (SSSR count). The fourth-order valence-corrected chi connectivity index (χ4v) is 18.6. The summed E-state index contributed by atoms with van der Waals surface area (Å²) < 4.78 is 20.2. The van der Waals surface area contributed by atoms with Crippen molar-refractivity contribution in [2.45, 2.75) is 0 Å². The summed E-state index contributed by atoms with van der Waals surface area (Å²) >= 11 is 0. The van der Waals surface area contributed by atoms with Gasteiger partial charge in [-0.1, -0.05) is 103 Å². The first-order valence-corrected chi connectivity index (χ1v) is 28.2. The quantitative estimate of drug-likeness (QED) is 0.161. The van der Waals surface area contributed by atoms with Crippen LogP contribution in [0.2, 0.25) is 0 Å². The van der Waals surface area contributed by atoms with Gasteiger partial charge in [0.1, 0.15) is 42.3 Å². The van der Waals surface area contributed by atoms with Crippen LogP contribution in [-0.2, 0) is 0 Å². The van der Waals surface area contributed by atoms with Crippen molar-refractivity contribution in [3.05, 3.63) is 218 Å². The van der Waals surface area contributed by atoms with Crippen molar-refractivity contribution >= 4 is 184 Å². The van der Waals surface area contributed by atoms with Gasteiger partial charge in [-0.15, -0.1) is 0 Å². The van der Waals surface area contributed by atoms with Crippen molar-refractivity contribution in [3.63, 3.8) is 0 Å². The molecular formula is C70H37N3O3Si. The van der Waals surface area contributed by atoms with E-state index < -0.39 is 8.80 Å². The van der Waals surface area contributed by atoms with Crippen LogP contribution in [-0.4, -0.2) is 8.80 Å². The lowest BCUT2D eigenvalue weighted by molar-refractivity contribution is 0.669. The van der Waals surface area contributed by atoms with E-state index in [0.29, 0.717) is 0 Å². The van der Waals surface area contributed by atoms with Crippen molar-refractivity contribution in [1.82, 2.24) is 0 Å². The Labute approximate surface area is 439 Å². The number of hydrogen-bond acceptors (Lipinski definition) is 6. The van der Waals surface area contributed by atoms with Crippen LogP contribution in [0.25, 0.3) is 120 Å². The summed E-state index contributed by atoms with van der Waals surface area (Å²) in [4.78, 5) is 7.79. The summed E-state index contributed by atoms with van der Waals surface area (Å²) in [5, 5.41) is 20.7. The lowest BCUT2D eigenvalue weighted by atomic mass is 9.87. The molecular weight excluding hydrogens is 959 g/mol. The van der Waals surface area contributed by atoms with E-state index in [0.717, 1.165) is 77.2 Å². The average Bonchev–Trinajstić information content (AvgIpc) is 4.31. The summed E-state index contributed by atoms with van der Waals surface area (Å²) in [5.74, 6) is 0. The first-order chi connectivity index (χ1) is 38.1. The molecule has 0 fully saturated rings. The maximum atomic E-state index is 6.85. The monoisotopic (exact) mass is 995 g/mol. The zero-order valence-electron chi connectivity index (χ0n) is 40.9. The molecule has 0 saturated carbocycles. The molecule has 0 radical (unpaired) electrons. The van der Waals surface area contributed by atoms with Crippen LogP contribution < -0.4 is 30.3 Å². The molecule has 16 aromatic rings. The van der Waals surface area contributed by atoms with Gasteiger partial charge in [-0.2, -0.15) is 0 Å². The third-order valence-electron chi connectivity index (χ3n) is 17.7. The Morgan fingerprint density at radius 1 is 0.273 bits per heavy atom. The largest absolute Gasteiger partial charge is 0.456 e. The van der Waals surface area contributed by atoms with Crippen molar-refractivity contribution in [2.75, 3.05) is 14.7 Å². The van der Waals surface area contributed by atoms with E-state index in [4.69, 9.17) is 13.3 Å². The van der Waals surface area contributed by atoms with Gasteiger partial charge in [-0.3, -0.25) is 0 Å². The molecule has 0 saturated heterocycles. The second-order valence-corrected chi connectivity index (χ2v) is 24.1. The number of furan rings is 3. The Hall–Kier alpha value is -10.1. The molecule has 7 heteroatoms. The predicted octanol–water partition coefficient (Wildman–Crippen LogP) is 17.6. The molecule has 4 aliphatic rings. The van der Waals surface area contributed by atoms with Gasteiger partial charge < -0.3 is 28.0 Å². The molecule has 4 aliphatic heterocycles. The maximum absolute atomic E-state index is 6.85. The van der Waals surface area contributed by atoms with E-state index in [1.54, 1.807) is 0 Å². The number of benzene rings is 13. The normalized spacial score (nSPS) is 14.8. The Morgan fingerprint density at radius 2 is 0.714 bits per heavy atom. The minimum absolute atomic E-state index is 0.881. The van der Waals surface area contributed by atoms with E-state index in [1.807, 2.05) is 0 Å². The Kier molecular flexibility index (Phi) is 6.96. The van der Waals surface area contributed by atoms with Gasteiger partial charge >= 0.3 is 0 Å². The molecule has 0 bridgehead atoms. The number of nitrogens with zero attached hydrogens (tertiary/aromatic N) is 3. The molecule has 0 aliphatic carbocycles. The third kappa shape index (κ3) is 4.84. The second kappa shape index (κ2) is 13.6. The van der Waals surface area contributed by atoms with E-state index >= 15 is 0 Å². The summed E-state index contributed by atoms with van der Waals surface area (Å²) in [6.07, 6.45) is 0.